The Morgan fingerprint density at radius 2 is 2.18 bits per heavy atom. The predicted octanol–water partition coefficient (Wildman–Crippen LogP) is 3.59. The van der Waals surface area contributed by atoms with E-state index in [0.717, 1.165) is 0 Å². The van der Waals surface area contributed by atoms with Gasteiger partial charge in [0.25, 0.3) is 0 Å². The number of fused-ring (bicyclic) bond motifs is 1. The van der Waals surface area contributed by atoms with E-state index in [-0.39, 0.29) is 28.7 Å². The van der Waals surface area contributed by atoms with Crippen molar-refractivity contribution in [2.45, 2.75) is 19.8 Å². The fourth-order valence-electron chi connectivity index (χ4n) is 3.22. The molecule has 1 aromatic heterocycles. The van der Waals surface area contributed by atoms with Crippen molar-refractivity contribution in [3.05, 3.63) is 43.8 Å². The van der Waals surface area contributed by atoms with E-state index >= 15 is 0 Å². The number of halogens is 1. The van der Waals surface area contributed by atoms with Crippen LogP contribution >= 0.6 is 28.1 Å². The summed E-state index contributed by atoms with van der Waals surface area (Å²) in [5.74, 6) is -0.142. The van der Waals surface area contributed by atoms with E-state index in [9.17, 15) is 9.90 Å². The van der Waals surface area contributed by atoms with Gasteiger partial charge in [-0.05, 0) is 59.7 Å². The molecule has 0 spiro atoms. The number of aromatic amines is 1. The first-order chi connectivity index (χ1) is 13.3. The van der Waals surface area contributed by atoms with Crippen LogP contribution in [0.5, 0.6) is 11.5 Å². The summed E-state index contributed by atoms with van der Waals surface area (Å²) < 4.78 is 11.2. The van der Waals surface area contributed by atoms with Crippen molar-refractivity contribution in [3.8, 4) is 11.5 Å². The summed E-state index contributed by atoms with van der Waals surface area (Å²) in [4.78, 5) is 19.9. The Kier molecular flexibility index (Phi) is 5.61. The minimum atomic E-state index is -0.611. The molecule has 0 radical (unpaired) electrons. The number of methoxy groups -OCH3 is 1. The number of nitrogens with two attached hydrogens (primary N) is 1. The van der Waals surface area contributed by atoms with Crippen molar-refractivity contribution < 1.29 is 19.4 Å². The van der Waals surface area contributed by atoms with Crippen LogP contribution in [0.25, 0.3) is 0 Å². The van der Waals surface area contributed by atoms with Gasteiger partial charge in [0.05, 0.1) is 29.7 Å². The molecule has 8 nitrogen and oxygen atoms in total. The predicted molar refractivity (Wildman–Crippen MR) is 111 cm³/mol. The van der Waals surface area contributed by atoms with E-state index in [2.05, 4.69) is 31.2 Å². The van der Waals surface area contributed by atoms with Crippen molar-refractivity contribution in [2.24, 2.45) is 0 Å². The maximum Gasteiger partial charge on any atom is 0.336 e. The zero-order chi connectivity index (χ0) is 20.6. The molecule has 28 heavy (non-hydrogen) atoms. The molecule has 5 N–H and O–H groups in total. The average molecular weight is 467 g/mol. The Morgan fingerprint density at radius 3 is 2.82 bits per heavy atom. The summed E-state index contributed by atoms with van der Waals surface area (Å²) in [6.45, 7) is 3.72. The molecule has 0 saturated carbocycles. The molecular weight excluding hydrogens is 448 g/mol. The fourth-order valence-corrected chi connectivity index (χ4v) is 3.88. The number of nitrogen functional groups attached to an aromatic ring is 1. The molecule has 0 saturated heterocycles. The van der Waals surface area contributed by atoms with E-state index in [1.165, 1.54) is 7.11 Å². The number of aromatic hydroxyl groups is 1. The summed E-state index contributed by atoms with van der Waals surface area (Å²) in [5.41, 5.74) is 8.39. The lowest BCUT2D eigenvalue weighted by Gasteiger charge is -2.30. The molecular formula is C18H19BrN4O4S. The zero-order valence-electron chi connectivity index (χ0n) is 15.4. The molecule has 148 valence electrons. The number of H-pyrrole nitrogens is 1. The highest BCUT2D eigenvalue weighted by atomic mass is 79.9. The summed E-state index contributed by atoms with van der Waals surface area (Å²) in [5, 5.41) is 13.3. The molecule has 2 aromatic rings. The minimum absolute atomic E-state index is 0.0441. The van der Waals surface area contributed by atoms with Gasteiger partial charge in [-0.25, -0.2) is 9.78 Å². The number of phenolic OH excluding ortho intramolecular Hbond substituents is 1. The number of nitrogens with zero attached hydrogens (tertiary/aromatic N) is 1. The van der Waals surface area contributed by atoms with Gasteiger partial charge in [0.15, 0.2) is 16.3 Å². The maximum absolute atomic E-state index is 12.8. The topological polar surface area (TPSA) is 122 Å². The number of phenols is 1. The lowest BCUT2D eigenvalue weighted by Crippen LogP contribution is -2.26. The molecule has 0 aliphatic carbocycles. The van der Waals surface area contributed by atoms with Gasteiger partial charge < -0.3 is 30.6 Å². The van der Waals surface area contributed by atoms with Crippen molar-refractivity contribution in [1.82, 2.24) is 9.97 Å². The van der Waals surface area contributed by atoms with Gasteiger partial charge in [0, 0.05) is 11.3 Å². The molecule has 1 aliphatic rings. The van der Waals surface area contributed by atoms with E-state index < -0.39 is 11.9 Å². The van der Waals surface area contributed by atoms with Crippen LogP contribution in [-0.4, -0.2) is 34.8 Å². The van der Waals surface area contributed by atoms with Gasteiger partial charge in [0.1, 0.15) is 11.6 Å². The van der Waals surface area contributed by atoms with Gasteiger partial charge in [-0.3, -0.25) is 0 Å². The summed E-state index contributed by atoms with van der Waals surface area (Å²) in [6.07, 6.45) is 0. The Labute approximate surface area is 174 Å². The lowest BCUT2D eigenvalue weighted by molar-refractivity contribution is -0.138. The number of hydrogen-bond donors (Lipinski definition) is 4. The molecule has 3 rings (SSSR count). The average Bonchev–Trinajstić information content (AvgIpc) is 2.62. The number of allylic oxidation sites excluding steroid dienone is 1. The highest BCUT2D eigenvalue weighted by Crippen LogP contribution is 2.46. The number of rotatable bonds is 4. The van der Waals surface area contributed by atoms with Crippen LogP contribution in [-0.2, 0) is 9.53 Å². The highest BCUT2D eigenvalue weighted by molar-refractivity contribution is 9.10. The number of ether oxygens (including phenoxy) is 2. The monoisotopic (exact) mass is 466 g/mol. The van der Waals surface area contributed by atoms with Gasteiger partial charge in [-0.15, -0.1) is 0 Å². The maximum atomic E-state index is 12.8. The first-order valence-electron chi connectivity index (χ1n) is 8.39. The third kappa shape index (κ3) is 3.45. The molecule has 10 heteroatoms. The van der Waals surface area contributed by atoms with Crippen LogP contribution in [0, 0.1) is 4.77 Å². The second kappa shape index (κ2) is 7.80. The first kappa shape index (κ1) is 20.2. The van der Waals surface area contributed by atoms with Crippen molar-refractivity contribution in [3.63, 3.8) is 0 Å². The number of carbonyl (C=O) groups is 1. The number of nitrogens with one attached hydrogen (secondary N) is 2. The van der Waals surface area contributed by atoms with Crippen molar-refractivity contribution >= 4 is 45.8 Å². The summed E-state index contributed by atoms with van der Waals surface area (Å²) >= 11 is 8.45. The molecule has 1 unspecified atom stereocenters. The molecule has 1 aromatic carbocycles. The van der Waals surface area contributed by atoms with Gasteiger partial charge in [-0.2, -0.15) is 0 Å². The Hall–Kier alpha value is -2.59. The number of anilines is 2. The molecule has 0 fully saturated rings. The lowest BCUT2D eigenvalue weighted by atomic mass is 9.81. The fraction of sp³-hybridized carbons (Fsp3) is 0.278. The third-order valence-electron chi connectivity index (χ3n) is 4.39. The van der Waals surface area contributed by atoms with E-state index in [4.69, 9.17) is 27.4 Å². The van der Waals surface area contributed by atoms with Crippen LogP contribution in [0.1, 0.15) is 30.9 Å². The summed E-state index contributed by atoms with van der Waals surface area (Å²) in [7, 11) is 1.45. The first-order valence-corrected chi connectivity index (χ1v) is 9.59. The normalized spacial score (nSPS) is 15.6. The molecule has 0 bridgehead atoms. The summed E-state index contributed by atoms with van der Waals surface area (Å²) in [6, 6.07) is 3.35. The number of benzene rings is 1. The largest absolute Gasteiger partial charge is 0.503 e. The number of aromatic nitrogens is 2. The van der Waals surface area contributed by atoms with Crippen molar-refractivity contribution in [2.75, 3.05) is 24.8 Å². The van der Waals surface area contributed by atoms with E-state index in [0.29, 0.717) is 32.7 Å². The van der Waals surface area contributed by atoms with Crippen LogP contribution < -0.4 is 15.8 Å². The minimum Gasteiger partial charge on any atom is -0.503 e. The standard InChI is InChI=1S/C18H19BrN4O4S/c1-4-27-17(25)11-7(2)21-16-13(15(20)22-18(28)23-16)12(11)8-5-9(19)14(24)10(6-8)26-3/h5-6,12,24H,4H2,1-3H3,(H4,20,21,22,23,28). The van der Waals surface area contributed by atoms with Gasteiger partial charge in [-0.1, -0.05) is 0 Å². The quantitative estimate of drug-likeness (QED) is 0.398. The molecule has 1 atom stereocenters. The van der Waals surface area contributed by atoms with Crippen LogP contribution in [0.15, 0.2) is 27.9 Å². The van der Waals surface area contributed by atoms with E-state index in [1.807, 2.05) is 0 Å². The van der Waals surface area contributed by atoms with E-state index in [1.54, 1.807) is 26.0 Å². The molecule has 1 aliphatic heterocycles. The van der Waals surface area contributed by atoms with Gasteiger partial charge in [0.2, 0.25) is 0 Å². The van der Waals surface area contributed by atoms with Crippen molar-refractivity contribution in [1.29, 1.82) is 0 Å². The SMILES string of the molecule is CCOC(=O)C1=C(C)Nc2nc(=S)[nH]c(N)c2C1c1cc(Br)c(O)c(OC)c1. The number of esters is 1. The highest BCUT2D eigenvalue weighted by Gasteiger charge is 2.36. The Morgan fingerprint density at radius 1 is 1.46 bits per heavy atom. The van der Waals surface area contributed by atoms with Crippen LogP contribution in [0.2, 0.25) is 0 Å². The third-order valence-corrected chi connectivity index (χ3v) is 5.18. The number of carbonyl (C=O) groups excluding carboxylic acids is 1. The Bertz CT molecular complexity index is 1050. The smallest absolute Gasteiger partial charge is 0.336 e. The van der Waals surface area contributed by atoms with Crippen LogP contribution in [0.3, 0.4) is 0 Å². The molecule has 0 amide bonds. The molecule has 2 heterocycles. The number of hydrogen-bond acceptors (Lipinski definition) is 8. The van der Waals surface area contributed by atoms with Crippen LogP contribution in [0.4, 0.5) is 11.6 Å². The Balaban J connectivity index is 2.32. The second-order valence-electron chi connectivity index (χ2n) is 6.09. The van der Waals surface area contributed by atoms with Gasteiger partial charge >= 0.3 is 5.97 Å². The zero-order valence-corrected chi connectivity index (χ0v) is 17.8. The second-order valence-corrected chi connectivity index (χ2v) is 7.33.